The minimum Gasteiger partial charge on any atom is -0.484 e. The predicted octanol–water partition coefficient (Wildman–Crippen LogP) is 2.37. The van der Waals surface area contributed by atoms with Gasteiger partial charge in [0.2, 0.25) is 0 Å². The van der Waals surface area contributed by atoms with Crippen molar-refractivity contribution >= 4 is 5.91 Å². The first-order chi connectivity index (χ1) is 8.08. The molecule has 3 nitrogen and oxygen atoms in total. The summed E-state index contributed by atoms with van der Waals surface area (Å²) in [4.78, 5) is 11.4. The van der Waals surface area contributed by atoms with E-state index in [1.807, 2.05) is 0 Å². The molecule has 1 amide bonds. The zero-order chi connectivity index (χ0) is 12.7. The van der Waals surface area contributed by atoms with Gasteiger partial charge in [0.1, 0.15) is 11.6 Å². The van der Waals surface area contributed by atoms with E-state index in [0.717, 1.165) is 6.42 Å². The first-order valence-corrected chi connectivity index (χ1v) is 5.73. The number of carbonyl (C=O) groups is 1. The van der Waals surface area contributed by atoms with Crippen LogP contribution >= 0.6 is 0 Å². The molecule has 0 spiro atoms. The lowest BCUT2D eigenvalue weighted by Crippen LogP contribution is -2.30. The molecule has 4 heteroatoms. The minimum absolute atomic E-state index is 0.0818. The summed E-state index contributed by atoms with van der Waals surface area (Å²) in [5, 5.41) is 2.74. The topological polar surface area (TPSA) is 38.3 Å². The van der Waals surface area contributed by atoms with Crippen molar-refractivity contribution in [1.82, 2.24) is 5.32 Å². The van der Waals surface area contributed by atoms with Crippen LogP contribution in [0.15, 0.2) is 24.3 Å². The average molecular weight is 239 g/mol. The summed E-state index contributed by atoms with van der Waals surface area (Å²) >= 11 is 0. The summed E-state index contributed by atoms with van der Waals surface area (Å²) in [5.41, 5.74) is 0. The van der Waals surface area contributed by atoms with Gasteiger partial charge in [-0.3, -0.25) is 4.79 Å². The van der Waals surface area contributed by atoms with E-state index < -0.39 is 0 Å². The number of carbonyl (C=O) groups excluding carboxylic acids is 1. The van der Waals surface area contributed by atoms with Crippen LogP contribution in [0.2, 0.25) is 0 Å². The highest BCUT2D eigenvalue weighted by Crippen LogP contribution is 2.11. The fraction of sp³-hybridized carbons (Fsp3) is 0.462. The van der Waals surface area contributed by atoms with Crippen LogP contribution < -0.4 is 10.1 Å². The van der Waals surface area contributed by atoms with Crippen molar-refractivity contribution in [3.05, 3.63) is 30.1 Å². The molecule has 0 unspecified atom stereocenters. The smallest absolute Gasteiger partial charge is 0.257 e. The number of nitrogens with one attached hydrogen (secondary N) is 1. The summed E-state index contributed by atoms with van der Waals surface area (Å²) in [6.45, 7) is 4.75. The first-order valence-electron chi connectivity index (χ1n) is 5.73. The van der Waals surface area contributed by atoms with Crippen molar-refractivity contribution in [3.8, 4) is 5.75 Å². The number of hydrogen-bond acceptors (Lipinski definition) is 2. The number of amides is 1. The van der Waals surface area contributed by atoms with Crippen LogP contribution in [0.25, 0.3) is 0 Å². The summed E-state index contributed by atoms with van der Waals surface area (Å²) in [6.07, 6.45) is 0.936. The van der Waals surface area contributed by atoms with Gasteiger partial charge in [0, 0.05) is 12.6 Å². The van der Waals surface area contributed by atoms with Crippen LogP contribution in [0, 0.1) is 11.7 Å². The van der Waals surface area contributed by atoms with Crippen molar-refractivity contribution in [2.75, 3.05) is 13.2 Å². The van der Waals surface area contributed by atoms with E-state index in [9.17, 15) is 9.18 Å². The fourth-order valence-corrected chi connectivity index (χ4v) is 1.26. The standard InChI is InChI=1S/C13H18FNO2/c1-10(2)6-7-15-13(16)9-17-12-5-3-4-11(14)8-12/h3-5,8,10H,6-7,9H2,1-2H3,(H,15,16). The molecule has 1 rings (SSSR count). The molecule has 0 aromatic heterocycles. The summed E-state index contributed by atoms with van der Waals surface area (Å²) < 4.78 is 18.0. The maximum atomic E-state index is 12.8. The van der Waals surface area contributed by atoms with E-state index in [1.165, 1.54) is 12.1 Å². The zero-order valence-electron chi connectivity index (χ0n) is 10.2. The molecule has 0 aliphatic heterocycles. The zero-order valence-corrected chi connectivity index (χ0v) is 10.2. The summed E-state index contributed by atoms with van der Waals surface area (Å²) in [6, 6.07) is 5.74. The molecule has 0 radical (unpaired) electrons. The Morgan fingerprint density at radius 2 is 2.24 bits per heavy atom. The van der Waals surface area contributed by atoms with Crippen LogP contribution in [0.1, 0.15) is 20.3 Å². The molecular formula is C13H18FNO2. The molecular weight excluding hydrogens is 221 g/mol. The second-order valence-corrected chi connectivity index (χ2v) is 4.28. The maximum Gasteiger partial charge on any atom is 0.257 e. The second kappa shape index (κ2) is 6.89. The van der Waals surface area contributed by atoms with E-state index in [-0.39, 0.29) is 18.3 Å². The third-order valence-corrected chi connectivity index (χ3v) is 2.21. The van der Waals surface area contributed by atoms with E-state index in [2.05, 4.69) is 19.2 Å². The Kier molecular flexibility index (Phi) is 5.46. The van der Waals surface area contributed by atoms with E-state index in [0.29, 0.717) is 18.2 Å². The van der Waals surface area contributed by atoms with Gasteiger partial charge in [-0.15, -0.1) is 0 Å². The summed E-state index contributed by atoms with van der Waals surface area (Å²) in [7, 11) is 0. The molecule has 0 fully saturated rings. The Morgan fingerprint density at radius 1 is 1.47 bits per heavy atom. The number of halogens is 1. The van der Waals surface area contributed by atoms with Gasteiger partial charge < -0.3 is 10.1 Å². The molecule has 1 aromatic carbocycles. The Labute approximate surface area is 101 Å². The Balaban J connectivity index is 2.24. The Morgan fingerprint density at radius 3 is 2.88 bits per heavy atom. The van der Waals surface area contributed by atoms with Gasteiger partial charge in [-0.05, 0) is 24.5 Å². The fourth-order valence-electron chi connectivity index (χ4n) is 1.26. The first kappa shape index (κ1) is 13.5. The Bertz CT molecular complexity index is 366. The molecule has 0 heterocycles. The van der Waals surface area contributed by atoms with Crippen molar-refractivity contribution in [2.45, 2.75) is 20.3 Å². The highest BCUT2D eigenvalue weighted by atomic mass is 19.1. The highest BCUT2D eigenvalue weighted by molar-refractivity contribution is 5.77. The van der Waals surface area contributed by atoms with Crippen LogP contribution in [-0.4, -0.2) is 19.1 Å². The van der Waals surface area contributed by atoms with Crippen LogP contribution in [0.5, 0.6) is 5.75 Å². The molecule has 0 saturated heterocycles. The number of ether oxygens (including phenoxy) is 1. The molecule has 0 aliphatic rings. The molecule has 0 bridgehead atoms. The van der Waals surface area contributed by atoms with E-state index in [1.54, 1.807) is 12.1 Å². The van der Waals surface area contributed by atoms with Gasteiger partial charge in [-0.2, -0.15) is 0 Å². The minimum atomic E-state index is -0.372. The molecule has 17 heavy (non-hydrogen) atoms. The van der Waals surface area contributed by atoms with Crippen molar-refractivity contribution in [3.63, 3.8) is 0 Å². The molecule has 1 aromatic rings. The number of hydrogen-bond donors (Lipinski definition) is 1. The van der Waals surface area contributed by atoms with Crippen molar-refractivity contribution < 1.29 is 13.9 Å². The third kappa shape index (κ3) is 5.90. The molecule has 0 saturated carbocycles. The maximum absolute atomic E-state index is 12.8. The molecule has 0 atom stereocenters. The molecule has 0 aliphatic carbocycles. The second-order valence-electron chi connectivity index (χ2n) is 4.28. The van der Waals surface area contributed by atoms with Gasteiger partial charge in [0.25, 0.3) is 5.91 Å². The van der Waals surface area contributed by atoms with Gasteiger partial charge in [0.15, 0.2) is 6.61 Å². The van der Waals surface area contributed by atoms with E-state index in [4.69, 9.17) is 4.74 Å². The van der Waals surface area contributed by atoms with Gasteiger partial charge >= 0.3 is 0 Å². The van der Waals surface area contributed by atoms with E-state index >= 15 is 0 Å². The predicted molar refractivity (Wildman–Crippen MR) is 64.4 cm³/mol. The largest absolute Gasteiger partial charge is 0.484 e. The Hall–Kier alpha value is -1.58. The molecule has 94 valence electrons. The third-order valence-electron chi connectivity index (χ3n) is 2.21. The van der Waals surface area contributed by atoms with Crippen molar-refractivity contribution in [1.29, 1.82) is 0 Å². The SMILES string of the molecule is CC(C)CCNC(=O)COc1cccc(F)c1. The van der Waals surface area contributed by atoms with Crippen LogP contribution in [0.4, 0.5) is 4.39 Å². The number of rotatable bonds is 6. The normalized spacial score (nSPS) is 10.4. The lowest BCUT2D eigenvalue weighted by molar-refractivity contribution is -0.123. The van der Waals surface area contributed by atoms with Crippen molar-refractivity contribution in [2.24, 2.45) is 5.92 Å². The van der Waals surface area contributed by atoms with Crippen LogP contribution in [0.3, 0.4) is 0 Å². The van der Waals surface area contributed by atoms with Gasteiger partial charge in [-0.1, -0.05) is 19.9 Å². The van der Waals surface area contributed by atoms with Gasteiger partial charge in [0.05, 0.1) is 0 Å². The summed E-state index contributed by atoms with van der Waals surface area (Å²) in [5.74, 6) is 0.362. The number of benzene rings is 1. The molecule has 1 N–H and O–H groups in total. The van der Waals surface area contributed by atoms with Crippen LogP contribution in [-0.2, 0) is 4.79 Å². The average Bonchev–Trinajstić information content (AvgIpc) is 2.26. The quantitative estimate of drug-likeness (QED) is 0.827. The highest BCUT2D eigenvalue weighted by Gasteiger charge is 2.03. The lowest BCUT2D eigenvalue weighted by Gasteiger charge is -2.08. The monoisotopic (exact) mass is 239 g/mol. The van der Waals surface area contributed by atoms with Gasteiger partial charge in [-0.25, -0.2) is 4.39 Å². The lowest BCUT2D eigenvalue weighted by atomic mass is 10.1.